The van der Waals surface area contributed by atoms with Gasteiger partial charge in [-0.2, -0.15) is 0 Å². The maximum Gasteiger partial charge on any atom is 0.260 e. The van der Waals surface area contributed by atoms with Gasteiger partial charge in [0.2, 0.25) is 5.43 Å². The molecule has 6 nitrogen and oxygen atoms in total. The molecule has 0 N–H and O–H groups in total. The first kappa shape index (κ1) is 19.5. The van der Waals surface area contributed by atoms with Gasteiger partial charge in [0, 0.05) is 62.8 Å². The SMILES string of the molecule is Cc1cc(=O)c(OCC(=O)N2CCN(Cc3ccccc3Cl)CC2)cn1C. The van der Waals surface area contributed by atoms with Gasteiger partial charge in [-0.3, -0.25) is 14.5 Å². The number of rotatable bonds is 5. The molecule has 1 aliphatic heterocycles. The Balaban J connectivity index is 1.49. The van der Waals surface area contributed by atoms with Gasteiger partial charge < -0.3 is 14.2 Å². The van der Waals surface area contributed by atoms with Gasteiger partial charge in [-0.15, -0.1) is 0 Å². The molecule has 7 heteroatoms. The van der Waals surface area contributed by atoms with E-state index in [1.54, 1.807) is 15.7 Å². The van der Waals surface area contributed by atoms with Crippen LogP contribution in [0.4, 0.5) is 0 Å². The van der Waals surface area contributed by atoms with E-state index in [4.69, 9.17) is 16.3 Å². The van der Waals surface area contributed by atoms with E-state index in [9.17, 15) is 9.59 Å². The molecule has 2 aromatic rings. The third-order valence-corrected chi connectivity index (χ3v) is 5.25. The molecule has 27 heavy (non-hydrogen) atoms. The molecule has 1 aliphatic rings. The number of benzene rings is 1. The highest BCUT2D eigenvalue weighted by molar-refractivity contribution is 6.31. The van der Waals surface area contributed by atoms with Crippen LogP contribution in [0, 0.1) is 6.92 Å². The van der Waals surface area contributed by atoms with Crippen molar-refractivity contribution in [1.82, 2.24) is 14.4 Å². The number of aryl methyl sites for hydroxylation is 2. The Hall–Kier alpha value is -2.31. The summed E-state index contributed by atoms with van der Waals surface area (Å²) in [6.45, 7) is 5.34. The summed E-state index contributed by atoms with van der Waals surface area (Å²) in [6, 6.07) is 9.32. The van der Waals surface area contributed by atoms with E-state index in [2.05, 4.69) is 4.90 Å². The molecule has 3 rings (SSSR count). The lowest BCUT2D eigenvalue weighted by atomic mass is 10.2. The van der Waals surface area contributed by atoms with Crippen molar-refractivity contribution in [2.24, 2.45) is 7.05 Å². The van der Waals surface area contributed by atoms with Crippen LogP contribution in [-0.4, -0.2) is 53.1 Å². The van der Waals surface area contributed by atoms with Crippen LogP contribution >= 0.6 is 11.6 Å². The fraction of sp³-hybridized carbons (Fsp3) is 0.400. The highest BCUT2D eigenvalue weighted by atomic mass is 35.5. The molecule has 0 saturated carbocycles. The molecule has 1 aromatic heterocycles. The second-order valence-electron chi connectivity index (χ2n) is 6.79. The van der Waals surface area contributed by atoms with Crippen LogP contribution < -0.4 is 10.2 Å². The number of ether oxygens (including phenoxy) is 1. The molecular formula is C20H24ClN3O3. The summed E-state index contributed by atoms with van der Waals surface area (Å²) < 4.78 is 7.27. The molecule has 144 valence electrons. The Morgan fingerprint density at radius 3 is 2.59 bits per heavy atom. The van der Waals surface area contributed by atoms with Crippen molar-refractivity contribution >= 4 is 17.5 Å². The van der Waals surface area contributed by atoms with Crippen LogP contribution in [0.2, 0.25) is 5.02 Å². The van der Waals surface area contributed by atoms with Crippen LogP contribution in [0.3, 0.4) is 0 Å². The van der Waals surface area contributed by atoms with Crippen LogP contribution in [-0.2, 0) is 18.4 Å². The number of carbonyl (C=O) groups excluding carboxylic acids is 1. The van der Waals surface area contributed by atoms with E-state index in [0.717, 1.165) is 35.9 Å². The molecule has 0 radical (unpaired) electrons. The maximum atomic E-state index is 12.4. The molecule has 0 spiro atoms. The zero-order valence-electron chi connectivity index (χ0n) is 15.7. The molecule has 0 unspecified atom stereocenters. The third kappa shape index (κ3) is 4.90. The summed E-state index contributed by atoms with van der Waals surface area (Å²) in [4.78, 5) is 28.4. The average Bonchev–Trinajstić information content (AvgIpc) is 2.66. The molecule has 0 aliphatic carbocycles. The number of halogens is 1. The van der Waals surface area contributed by atoms with E-state index in [1.165, 1.54) is 6.07 Å². The molecule has 1 fully saturated rings. The molecular weight excluding hydrogens is 366 g/mol. The second kappa shape index (κ2) is 8.59. The van der Waals surface area contributed by atoms with Crippen molar-refractivity contribution in [2.75, 3.05) is 32.8 Å². The van der Waals surface area contributed by atoms with Gasteiger partial charge in [0.05, 0.1) is 0 Å². The Bertz CT molecular complexity index is 873. The molecule has 1 aromatic carbocycles. The Kier molecular flexibility index (Phi) is 6.19. The number of hydrogen-bond donors (Lipinski definition) is 0. The van der Waals surface area contributed by atoms with Crippen LogP contribution in [0.1, 0.15) is 11.3 Å². The first-order valence-electron chi connectivity index (χ1n) is 8.97. The third-order valence-electron chi connectivity index (χ3n) is 4.88. The van der Waals surface area contributed by atoms with Gasteiger partial charge in [0.25, 0.3) is 5.91 Å². The number of aromatic nitrogens is 1. The lowest BCUT2D eigenvalue weighted by Crippen LogP contribution is -2.49. The zero-order chi connectivity index (χ0) is 19.4. The first-order chi connectivity index (χ1) is 12.9. The smallest absolute Gasteiger partial charge is 0.260 e. The minimum Gasteiger partial charge on any atom is -0.478 e. The second-order valence-corrected chi connectivity index (χ2v) is 7.20. The fourth-order valence-corrected chi connectivity index (χ4v) is 3.26. The largest absolute Gasteiger partial charge is 0.478 e. The zero-order valence-corrected chi connectivity index (χ0v) is 16.4. The van der Waals surface area contributed by atoms with Crippen LogP contribution in [0.15, 0.2) is 41.3 Å². The normalized spacial score (nSPS) is 15.0. The Morgan fingerprint density at radius 1 is 1.19 bits per heavy atom. The van der Waals surface area contributed by atoms with Gasteiger partial charge in [-0.1, -0.05) is 29.8 Å². The van der Waals surface area contributed by atoms with E-state index < -0.39 is 0 Å². The van der Waals surface area contributed by atoms with Crippen molar-refractivity contribution < 1.29 is 9.53 Å². The summed E-state index contributed by atoms with van der Waals surface area (Å²) in [5.74, 6) is 0.101. The molecule has 0 atom stereocenters. The summed E-state index contributed by atoms with van der Waals surface area (Å²) >= 11 is 6.22. The van der Waals surface area contributed by atoms with Crippen LogP contribution in [0.5, 0.6) is 5.75 Å². The summed E-state index contributed by atoms with van der Waals surface area (Å²) in [6.07, 6.45) is 1.62. The van der Waals surface area contributed by atoms with Crippen molar-refractivity contribution in [1.29, 1.82) is 0 Å². The highest BCUT2D eigenvalue weighted by Crippen LogP contribution is 2.18. The van der Waals surface area contributed by atoms with Crippen LogP contribution in [0.25, 0.3) is 0 Å². The number of amides is 1. The van der Waals surface area contributed by atoms with E-state index in [1.807, 2.05) is 38.2 Å². The summed E-state index contributed by atoms with van der Waals surface area (Å²) in [5, 5.41) is 0.768. The minimum atomic E-state index is -0.206. The van der Waals surface area contributed by atoms with E-state index in [0.29, 0.717) is 13.1 Å². The van der Waals surface area contributed by atoms with Gasteiger partial charge >= 0.3 is 0 Å². The van der Waals surface area contributed by atoms with Gasteiger partial charge in [-0.25, -0.2) is 0 Å². The summed E-state index contributed by atoms with van der Waals surface area (Å²) in [5.41, 5.74) is 1.73. The molecule has 1 saturated heterocycles. The molecule has 1 amide bonds. The predicted octanol–water partition coefficient (Wildman–Crippen LogP) is 2.07. The highest BCUT2D eigenvalue weighted by Gasteiger charge is 2.22. The maximum absolute atomic E-state index is 12.4. The van der Waals surface area contributed by atoms with Gasteiger partial charge in [-0.05, 0) is 18.6 Å². The standard InChI is InChI=1S/C20H24ClN3O3/c1-15-11-18(25)19(13-22(15)2)27-14-20(26)24-9-7-23(8-10-24)12-16-5-3-4-6-17(16)21/h3-6,11,13H,7-10,12,14H2,1-2H3. The van der Waals surface area contributed by atoms with Gasteiger partial charge in [0.1, 0.15) is 0 Å². The number of carbonyl (C=O) groups is 1. The Morgan fingerprint density at radius 2 is 1.89 bits per heavy atom. The fourth-order valence-electron chi connectivity index (χ4n) is 3.07. The van der Waals surface area contributed by atoms with Crippen molar-refractivity contribution in [3.63, 3.8) is 0 Å². The quantitative estimate of drug-likeness (QED) is 0.785. The Labute approximate surface area is 163 Å². The van der Waals surface area contributed by atoms with Crippen molar-refractivity contribution in [3.05, 3.63) is 63.0 Å². The van der Waals surface area contributed by atoms with E-state index >= 15 is 0 Å². The monoisotopic (exact) mass is 389 g/mol. The number of pyridine rings is 1. The van der Waals surface area contributed by atoms with Gasteiger partial charge in [0.15, 0.2) is 12.4 Å². The van der Waals surface area contributed by atoms with E-state index in [-0.39, 0.29) is 23.7 Å². The minimum absolute atomic E-state index is 0.102. The molecule has 2 heterocycles. The predicted molar refractivity (Wildman–Crippen MR) is 105 cm³/mol. The van der Waals surface area contributed by atoms with Crippen molar-refractivity contribution in [3.8, 4) is 5.75 Å². The molecule has 0 bridgehead atoms. The number of nitrogens with zero attached hydrogens (tertiary/aromatic N) is 3. The van der Waals surface area contributed by atoms with Crippen molar-refractivity contribution in [2.45, 2.75) is 13.5 Å². The lowest BCUT2D eigenvalue weighted by molar-refractivity contribution is -0.135. The first-order valence-corrected chi connectivity index (χ1v) is 9.35. The number of hydrogen-bond acceptors (Lipinski definition) is 4. The number of piperazine rings is 1. The summed E-state index contributed by atoms with van der Waals surface area (Å²) in [7, 11) is 1.83. The lowest BCUT2D eigenvalue weighted by Gasteiger charge is -2.34. The topological polar surface area (TPSA) is 54.8 Å². The average molecular weight is 390 g/mol.